The number of nitrogens with one attached hydrogen (secondary N) is 1. The summed E-state index contributed by atoms with van der Waals surface area (Å²) in [5, 5.41) is 3.50. The van der Waals surface area contributed by atoms with E-state index in [1.54, 1.807) is 6.33 Å². The van der Waals surface area contributed by atoms with Crippen LogP contribution in [-0.2, 0) is 4.74 Å². The molecule has 0 bridgehead atoms. The van der Waals surface area contributed by atoms with Gasteiger partial charge in [-0.3, -0.25) is 0 Å². The van der Waals surface area contributed by atoms with Gasteiger partial charge in [0.1, 0.15) is 6.33 Å². The summed E-state index contributed by atoms with van der Waals surface area (Å²) in [6, 6.07) is 0.316. The van der Waals surface area contributed by atoms with Crippen LogP contribution >= 0.6 is 0 Å². The fraction of sp³-hybridized carbons (Fsp3) is 0.667. The Hall–Kier alpha value is -1.00. The molecule has 88 valence electrons. The van der Waals surface area contributed by atoms with Gasteiger partial charge >= 0.3 is 0 Å². The molecule has 0 aromatic carbocycles. The molecule has 0 saturated carbocycles. The summed E-state index contributed by atoms with van der Waals surface area (Å²) in [7, 11) is 0. The van der Waals surface area contributed by atoms with Crippen molar-refractivity contribution in [2.24, 2.45) is 5.92 Å². The van der Waals surface area contributed by atoms with Gasteiger partial charge in [-0.1, -0.05) is 6.92 Å². The summed E-state index contributed by atoms with van der Waals surface area (Å²) in [6.45, 7) is 6.03. The minimum atomic E-state index is 0.316. The Bertz CT molecular complexity index is 317. The maximum Gasteiger partial charge on any atom is 0.115 e. The van der Waals surface area contributed by atoms with E-state index in [2.05, 4.69) is 29.1 Å². The Labute approximate surface area is 96.4 Å². The molecular formula is C12H19N3O. The maximum absolute atomic E-state index is 5.63. The highest BCUT2D eigenvalue weighted by atomic mass is 16.5. The van der Waals surface area contributed by atoms with Gasteiger partial charge in [0.2, 0.25) is 0 Å². The lowest BCUT2D eigenvalue weighted by Crippen LogP contribution is -2.28. The minimum Gasteiger partial charge on any atom is -0.378 e. The summed E-state index contributed by atoms with van der Waals surface area (Å²) in [4.78, 5) is 8.17. The molecule has 2 rings (SSSR count). The van der Waals surface area contributed by atoms with Gasteiger partial charge in [0.25, 0.3) is 0 Å². The molecule has 0 radical (unpaired) electrons. The predicted molar refractivity (Wildman–Crippen MR) is 62.0 cm³/mol. The molecular weight excluding hydrogens is 202 g/mol. The molecule has 1 aliphatic rings. The maximum atomic E-state index is 5.63. The number of rotatable bonds is 4. The molecule has 0 aliphatic carbocycles. The molecule has 1 aromatic heterocycles. The van der Waals surface area contributed by atoms with E-state index in [0.29, 0.717) is 18.1 Å². The normalized spacial score (nSPS) is 26.9. The molecule has 2 heterocycles. The smallest absolute Gasteiger partial charge is 0.115 e. The number of hydrogen-bond acceptors (Lipinski definition) is 4. The topological polar surface area (TPSA) is 47.0 Å². The van der Waals surface area contributed by atoms with Gasteiger partial charge in [0.05, 0.1) is 12.7 Å². The summed E-state index contributed by atoms with van der Waals surface area (Å²) >= 11 is 0. The SMILES string of the molecule is CCNC(c1cncnc1)C1COC(C)C1. The summed E-state index contributed by atoms with van der Waals surface area (Å²) < 4.78 is 5.63. The van der Waals surface area contributed by atoms with Gasteiger partial charge in [0.15, 0.2) is 0 Å². The zero-order chi connectivity index (χ0) is 11.4. The highest BCUT2D eigenvalue weighted by molar-refractivity contribution is 5.11. The Balaban J connectivity index is 2.11. The van der Waals surface area contributed by atoms with Crippen LogP contribution in [0.1, 0.15) is 31.9 Å². The zero-order valence-corrected chi connectivity index (χ0v) is 9.89. The number of hydrogen-bond donors (Lipinski definition) is 1. The molecule has 1 aromatic rings. The van der Waals surface area contributed by atoms with Gasteiger partial charge in [-0.05, 0) is 19.9 Å². The lowest BCUT2D eigenvalue weighted by molar-refractivity contribution is 0.117. The van der Waals surface area contributed by atoms with Crippen molar-refractivity contribution in [2.75, 3.05) is 13.2 Å². The Morgan fingerprint density at radius 2 is 2.25 bits per heavy atom. The molecule has 16 heavy (non-hydrogen) atoms. The quantitative estimate of drug-likeness (QED) is 0.838. The van der Waals surface area contributed by atoms with Gasteiger partial charge in [-0.25, -0.2) is 9.97 Å². The first kappa shape index (κ1) is 11.5. The van der Waals surface area contributed by atoms with Crippen LogP contribution in [0.4, 0.5) is 0 Å². The summed E-state index contributed by atoms with van der Waals surface area (Å²) in [5.74, 6) is 0.529. The molecule has 0 spiro atoms. The third kappa shape index (κ3) is 2.57. The molecule has 1 N–H and O–H groups in total. The minimum absolute atomic E-state index is 0.316. The zero-order valence-electron chi connectivity index (χ0n) is 9.89. The summed E-state index contributed by atoms with van der Waals surface area (Å²) in [5.41, 5.74) is 1.16. The van der Waals surface area contributed by atoms with Crippen LogP contribution in [-0.4, -0.2) is 29.2 Å². The second kappa shape index (κ2) is 5.37. The molecule has 3 unspecified atom stereocenters. The van der Waals surface area contributed by atoms with E-state index in [1.807, 2.05) is 12.4 Å². The molecule has 3 atom stereocenters. The van der Waals surface area contributed by atoms with Crippen molar-refractivity contribution in [1.82, 2.24) is 15.3 Å². The second-order valence-electron chi connectivity index (χ2n) is 4.35. The average Bonchev–Trinajstić information content (AvgIpc) is 2.74. The third-order valence-corrected chi connectivity index (χ3v) is 3.06. The first-order valence-electron chi connectivity index (χ1n) is 5.91. The lowest BCUT2D eigenvalue weighted by atomic mass is 9.92. The molecule has 1 fully saturated rings. The van der Waals surface area contributed by atoms with Crippen LogP contribution < -0.4 is 5.32 Å². The van der Waals surface area contributed by atoms with Crippen LogP contribution in [0, 0.1) is 5.92 Å². The van der Waals surface area contributed by atoms with Crippen molar-refractivity contribution in [3.05, 3.63) is 24.3 Å². The van der Waals surface area contributed by atoms with Crippen molar-refractivity contribution in [1.29, 1.82) is 0 Å². The van der Waals surface area contributed by atoms with Crippen molar-refractivity contribution in [2.45, 2.75) is 32.4 Å². The average molecular weight is 221 g/mol. The van der Waals surface area contributed by atoms with E-state index in [-0.39, 0.29) is 0 Å². The van der Waals surface area contributed by atoms with Gasteiger partial charge < -0.3 is 10.1 Å². The lowest BCUT2D eigenvalue weighted by Gasteiger charge is -2.23. The third-order valence-electron chi connectivity index (χ3n) is 3.06. The van der Waals surface area contributed by atoms with Crippen LogP contribution in [0.25, 0.3) is 0 Å². The molecule has 4 heteroatoms. The van der Waals surface area contributed by atoms with E-state index in [1.165, 1.54) is 0 Å². The van der Waals surface area contributed by atoms with Crippen molar-refractivity contribution in [3.8, 4) is 0 Å². The molecule has 1 aliphatic heterocycles. The van der Waals surface area contributed by atoms with E-state index >= 15 is 0 Å². The fourth-order valence-electron chi connectivity index (χ4n) is 2.33. The standard InChI is InChI=1S/C12H19N3O/c1-3-15-12(10-4-9(2)16-7-10)11-5-13-8-14-6-11/h5-6,8-10,12,15H,3-4,7H2,1-2H3. The van der Waals surface area contributed by atoms with Crippen molar-refractivity contribution >= 4 is 0 Å². The first-order chi connectivity index (χ1) is 7.81. The van der Waals surface area contributed by atoms with E-state index in [4.69, 9.17) is 4.74 Å². The van der Waals surface area contributed by atoms with Crippen LogP contribution in [0.3, 0.4) is 0 Å². The highest BCUT2D eigenvalue weighted by Crippen LogP contribution is 2.30. The first-order valence-corrected chi connectivity index (χ1v) is 5.91. The van der Waals surface area contributed by atoms with Crippen molar-refractivity contribution < 1.29 is 4.74 Å². The molecule has 1 saturated heterocycles. The second-order valence-corrected chi connectivity index (χ2v) is 4.35. The van der Waals surface area contributed by atoms with Crippen LogP contribution in [0.2, 0.25) is 0 Å². The number of ether oxygens (including phenoxy) is 1. The highest BCUT2D eigenvalue weighted by Gasteiger charge is 2.30. The monoisotopic (exact) mass is 221 g/mol. The Morgan fingerprint density at radius 1 is 1.50 bits per heavy atom. The molecule has 0 amide bonds. The van der Waals surface area contributed by atoms with Gasteiger partial charge in [-0.15, -0.1) is 0 Å². The van der Waals surface area contributed by atoms with Gasteiger partial charge in [0, 0.05) is 29.9 Å². The fourth-order valence-corrected chi connectivity index (χ4v) is 2.33. The van der Waals surface area contributed by atoms with E-state index < -0.39 is 0 Å². The van der Waals surface area contributed by atoms with E-state index in [0.717, 1.165) is 25.1 Å². The number of aromatic nitrogens is 2. The Morgan fingerprint density at radius 3 is 2.81 bits per heavy atom. The number of nitrogens with zero attached hydrogens (tertiary/aromatic N) is 2. The largest absolute Gasteiger partial charge is 0.378 e. The van der Waals surface area contributed by atoms with Crippen molar-refractivity contribution in [3.63, 3.8) is 0 Å². The van der Waals surface area contributed by atoms with Gasteiger partial charge in [-0.2, -0.15) is 0 Å². The summed E-state index contributed by atoms with van der Waals surface area (Å²) in [6.07, 6.45) is 6.83. The Kier molecular flexibility index (Phi) is 3.85. The van der Waals surface area contributed by atoms with Crippen LogP contribution in [0.5, 0.6) is 0 Å². The van der Waals surface area contributed by atoms with Crippen LogP contribution in [0.15, 0.2) is 18.7 Å². The van der Waals surface area contributed by atoms with E-state index in [9.17, 15) is 0 Å². The predicted octanol–water partition coefficient (Wildman–Crippen LogP) is 1.55. The molecule has 4 nitrogen and oxygen atoms in total.